The van der Waals surface area contributed by atoms with Gasteiger partial charge in [0.25, 0.3) is 10.1 Å². The Labute approximate surface area is 143 Å². The van der Waals surface area contributed by atoms with Gasteiger partial charge in [0.2, 0.25) is 0 Å². The van der Waals surface area contributed by atoms with Crippen molar-refractivity contribution in [3.05, 3.63) is 40.6 Å². The average molecular weight is 401 g/mol. The van der Waals surface area contributed by atoms with Gasteiger partial charge in [-0.15, -0.1) is 0 Å². The molecule has 0 bridgehead atoms. The Morgan fingerprint density at radius 3 is 2.57 bits per heavy atom. The molecule has 0 N–H and O–H groups in total. The molecule has 1 heterocycles. The molecule has 3 atom stereocenters. The van der Waals surface area contributed by atoms with E-state index >= 15 is 0 Å². The molecule has 124 valence electrons. The highest BCUT2D eigenvalue weighted by Gasteiger charge is 2.41. The molecule has 5 nitrogen and oxygen atoms in total. The zero-order valence-corrected chi connectivity index (χ0v) is 15.0. The second-order valence-corrected chi connectivity index (χ2v) is 8.44. The van der Waals surface area contributed by atoms with Crippen molar-refractivity contribution in [2.75, 3.05) is 6.26 Å². The maximum atomic E-state index is 12.7. The number of benzene rings is 1. The highest BCUT2D eigenvalue weighted by Crippen LogP contribution is 2.37. The lowest BCUT2D eigenvalue weighted by Crippen LogP contribution is -2.41. The zero-order chi connectivity index (χ0) is 16.6. The summed E-state index contributed by atoms with van der Waals surface area (Å²) in [6, 6.07) is 7.50. The van der Waals surface area contributed by atoms with Crippen LogP contribution in [0.15, 0.2) is 35.0 Å². The van der Waals surface area contributed by atoms with Gasteiger partial charge in [0, 0.05) is 10.9 Å². The fourth-order valence-corrected chi connectivity index (χ4v) is 4.06. The molecule has 3 unspecified atom stereocenters. The fourth-order valence-electron chi connectivity index (χ4n) is 3.13. The molecule has 1 fully saturated rings. The van der Waals surface area contributed by atoms with Crippen LogP contribution in [0.4, 0.5) is 0 Å². The molecule has 1 aliphatic carbocycles. The smallest absolute Gasteiger partial charge is 0.264 e. The minimum Gasteiger partial charge on any atom is -0.496 e. The van der Waals surface area contributed by atoms with Crippen LogP contribution in [0.5, 0.6) is 0 Å². The van der Waals surface area contributed by atoms with E-state index in [9.17, 15) is 13.2 Å². The van der Waals surface area contributed by atoms with Gasteiger partial charge in [-0.1, -0.05) is 28.1 Å². The first-order valence-electron chi connectivity index (χ1n) is 7.37. The second-order valence-electron chi connectivity index (χ2n) is 5.92. The van der Waals surface area contributed by atoms with Gasteiger partial charge in [0.05, 0.1) is 30.1 Å². The van der Waals surface area contributed by atoms with Gasteiger partial charge in [0.15, 0.2) is 5.78 Å². The molecule has 1 aromatic carbocycles. The Kier molecular flexibility index (Phi) is 4.62. The highest BCUT2D eigenvalue weighted by atomic mass is 79.9. The third-order valence-corrected chi connectivity index (χ3v) is 5.32. The molecule has 7 heteroatoms. The van der Waals surface area contributed by atoms with E-state index in [1.165, 1.54) is 6.26 Å². The Hall–Kier alpha value is -1.18. The number of rotatable bonds is 3. The number of halogens is 1. The van der Waals surface area contributed by atoms with Crippen molar-refractivity contribution in [2.45, 2.75) is 31.5 Å². The normalized spacial score (nSPS) is 27.8. The van der Waals surface area contributed by atoms with Crippen LogP contribution in [0.25, 0.3) is 5.57 Å². The van der Waals surface area contributed by atoms with Crippen LogP contribution in [-0.2, 0) is 23.8 Å². The molecule has 1 aromatic rings. The van der Waals surface area contributed by atoms with Crippen molar-refractivity contribution >= 4 is 37.4 Å². The van der Waals surface area contributed by atoms with E-state index in [1.807, 2.05) is 24.3 Å². The number of carbonyl (C=O) groups excluding carboxylic acids is 1. The summed E-state index contributed by atoms with van der Waals surface area (Å²) >= 11 is 3.37. The van der Waals surface area contributed by atoms with Crippen LogP contribution in [0.1, 0.15) is 24.8 Å². The molecule has 2 aliphatic rings. The molecule has 1 aliphatic heterocycles. The summed E-state index contributed by atoms with van der Waals surface area (Å²) in [4.78, 5) is 12.7. The maximum absolute atomic E-state index is 12.7. The Morgan fingerprint density at radius 1 is 1.22 bits per heavy atom. The van der Waals surface area contributed by atoms with Crippen molar-refractivity contribution in [1.82, 2.24) is 0 Å². The van der Waals surface area contributed by atoms with Gasteiger partial charge in [-0.3, -0.25) is 8.98 Å². The number of Topliss-reactive ketones (excluding diaryl/α,β-unsaturated/α-hetero) is 1. The first-order chi connectivity index (χ1) is 10.8. The summed E-state index contributed by atoms with van der Waals surface area (Å²) in [6.45, 7) is 0. The first-order valence-corrected chi connectivity index (χ1v) is 9.98. The van der Waals surface area contributed by atoms with Crippen LogP contribution in [0.3, 0.4) is 0 Å². The largest absolute Gasteiger partial charge is 0.496 e. The van der Waals surface area contributed by atoms with Gasteiger partial charge >= 0.3 is 0 Å². The van der Waals surface area contributed by atoms with Crippen molar-refractivity contribution in [3.63, 3.8) is 0 Å². The van der Waals surface area contributed by atoms with Crippen molar-refractivity contribution < 1.29 is 22.1 Å². The number of hydrogen-bond donors (Lipinski definition) is 0. The zero-order valence-electron chi connectivity index (χ0n) is 12.6. The Bertz CT molecular complexity index is 738. The molecular formula is C16H17BrO5S. The summed E-state index contributed by atoms with van der Waals surface area (Å²) in [5.41, 5.74) is 1.40. The summed E-state index contributed by atoms with van der Waals surface area (Å²) < 4.78 is 34.2. The maximum Gasteiger partial charge on any atom is 0.264 e. The summed E-state index contributed by atoms with van der Waals surface area (Å²) in [5, 5.41) is 0. The van der Waals surface area contributed by atoms with E-state index < -0.39 is 16.2 Å². The van der Waals surface area contributed by atoms with Gasteiger partial charge in [0.1, 0.15) is 6.10 Å². The quantitative estimate of drug-likeness (QED) is 0.729. The SMILES string of the molecule is CS(=O)(=O)OC1CCC2C(=O)C(c3ccc(Br)cc3)=COC2C1. The van der Waals surface area contributed by atoms with Crippen molar-refractivity contribution in [2.24, 2.45) is 5.92 Å². The average Bonchev–Trinajstić information content (AvgIpc) is 2.47. The van der Waals surface area contributed by atoms with Crippen LogP contribution in [0.2, 0.25) is 0 Å². The molecule has 0 aromatic heterocycles. The lowest BCUT2D eigenvalue weighted by Gasteiger charge is -2.37. The third-order valence-electron chi connectivity index (χ3n) is 4.17. The van der Waals surface area contributed by atoms with Crippen LogP contribution >= 0.6 is 15.9 Å². The van der Waals surface area contributed by atoms with E-state index in [0.29, 0.717) is 24.8 Å². The van der Waals surface area contributed by atoms with Gasteiger partial charge in [-0.05, 0) is 30.5 Å². The number of fused-ring (bicyclic) bond motifs is 1. The standard InChI is InChI=1S/C16H17BrO5S/c1-23(19,20)22-12-6-7-13-15(8-12)21-9-14(16(13)18)10-2-4-11(17)5-3-10/h2-5,9,12-13,15H,6-8H2,1H3. The van der Waals surface area contributed by atoms with Crippen LogP contribution < -0.4 is 0 Å². The highest BCUT2D eigenvalue weighted by molar-refractivity contribution is 9.10. The van der Waals surface area contributed by atoms with Crippen molar-refractivity contribution in [3.8, 4) is 0 Å². The summed E-state index contributed by atoms with van der Waals surface area (Å²) in [6.07, 6.45) is 3.32. The van der Waals surface area contributed by atoms with Gasteiger partial charge in [-0.2, -0.15) is 8.42 Å². The van der Waals surface area contributed by atoms with Crippen LogP contribution in [0, 0.1) is 5.92 Å². The third kappa shape index (κ3) is 3.84. The molecule has 0 amide bonds. The predicted octanol–water partition coefficient (Wildman–Crippen LogP) is 2.90. The number of ketones is 1. The number of hydrogen-bond acceptors (Lipinski definition) is 5. The summed E-state index contributed by atoms with van der Waals surface area (Å²) in [7, 11) is -3.49. The first kappa shape index (κ1) is 16.7. The molecular weight excluding hydrogens is 384 g/mol. The molecule has 0 saturated heterocycles. The number of allylic oxidation sites excluding steroid dienone is 1. The summed E-state index contributed by atoms with van der Waals surface area (Å²) in [5.74, 6) is -0.181. The Morgan fingerprint density at radius 2 is 1.91 bits per heavy atom. The van der Waals surface area contributed by atoms with Crippen LogP contribution in [-0.4, -0.2) is 32.7 Å². The monoisotopic (exact) mass is 400 g/mol. The minimum atomic E-state index is -3.49. The number of carbonyl (C=O) groups is 1. The minimum absolute atomic E-state index is 0.0568. The lowest BCUT2D eigenvalue weighted by molar-refractivity contribution is -0.126. The van der Waals surface area contributed by atoms with Gasteiger partial charge in [-0.25, -0.2) is 0 Å². The van der Waals surface area contributed by atoms with E-state index in [-0.39, 0.29) is 17.8 Å². The van der Waals surface area contributed by atoms with Crippen molar-refractivity contribution in [1.29, 1.82) is 0 Å². The van der Waals surface area contributed by atoms with E-state index in [0.717, 1.165) is 16.3 Å². The predicted molar refractivity (Wildman–Crippen MR) is 89.1 cm³/mol. The van der Waals surface area contributed by atoms with E-state index in [2.05, 4.69) is 15.9 Å². The molecule has 0 spiro atoms. The molecule has 0 radical (unpaired) electrons. The second kappa shape index (κ2) is 6.37. The molecule has 23 heavy (non-hydrogen) atoms. The van der Waals surface area contributed by atoms with E-state index in [1.54, 1.807) is 0 Å². The van der Waals surface area contributed by atoms with Gasteiger partial charge < -0.3 is 4.74 Å². The number of ether oxygens (including phenoxy) is 1. The topological polar surface area (TPSA) is 69.7 Å². The molecule has 3 rings (SSSR count). The lowest BCUT2D eigenvalue weighted by atomic mass is 9.78. The molecule has 1 saturated carbocycles. The fraction of sp³-hybridized carbons (Fsp3) is 0.438. The van der Waals surface area contributed by atoms with E-state index in [4.69, 9.17) is 8.92 Å². The Balaban J connectivity index is 1.76.